The van der Waals surface area contributed by atoms with Crippen LogP contribution in [-0.2, 0) is 25.7 Å². The lowest BCUT2D eigenvalue weighted by Crippen LogP contribution is -2.36. The predicted octanol–water partition coefficient (Wildman–Crippen LogP) is 6.23. The molecule has 4 nitrogen and oxygen atoms in total. The Labute approximate surface area is 182 Å². The summed E-state index contributed by atoms with van der Waals surface area (Å²) in [6, 6.07) is 9.04. The molecule has 1 aliphatic carbocycles. The van der Waals surface area contributed by atoms with E-state index in [2.05, 4.69) is 0 Å². The third-order valence-corrected chi connectivity index (χ3v) is 5.28. The van der Waals surface area contributed by atoms with Crippen molar-refractivity contribution < 1.29 is 32.2 Å². The second-order valence-electron chi connectivity index (χ2n) is 9.37. The summed E-state index contributed by atoms with van der Waals surface area (Å²) in [4.78, 5) is 25.9. The van der Waals surface area contributed by atoms with Crippen LogP contribution in [-0.4, -0.2) is 23.7 Å². The van der Waals surface area contributed by atoms with Gasteiger partial charge in [0.1, 0.15) is 12.2 Å². The molecule has 2 rings (SSSR count). The number of alkyl halides is 3. The van der Waals surface area contributed by atoms with Gasteiger partial charge in [-0.1, -0.05) is 43.2 Å². The molecule has 0 unspecified atom stereocenters. The Bertz CT molecular complexity index is 706. The maximum absolute atomic E-state index is 12.9. The van der Waals surface area contributed by atoms with Gasteiger partial charge in [0.05, 0.1) is 11.8 Å². The molecule has 1 aromatic carbocycles. The Morgan fingerprint density at radius 1 is 1.00 bits per heavy atom. The smallest absolute Gasteiger partial charge is 0.389 e. The molecule has 0 heterocycles. The van der Waals surface area contributed by atoms with Crippen LogP contribution in [0.15, 0.2) is 30.3 Å². The van der Waals surface area contributed by atoms with Gasteiger partial charge in [0, 0.05) is 6.42 Å². The van der Waals surface area contributed by atoms with Gasteiger partial charge in [-0.15, -0.1) is 0 Å². The quantitative estimate of drug-likeness (QED) is 0.382. The number of hydrogen-bond acceptors (Lipinski definition) is 4. The minimum atomic E-state index is -4.31. The van der Waals surface area contributed by atoms with Gasteiger partial charge in [0.15, 0.2) is 0 Å². The van der Waals surface area contributed by atoms with Crippen molar-refractivity contribution in [2.24, 2.45) is 17.8 Å². The second kappa shape index (κ2) is 11.0. The molecule has 31 heavy (non-hydrogen) atoms. The van der Waals surface area contributed by atoms with Crippen LogP contribution in [0.1, 0.15) is 71.3 Å². The topological polar surface area (TPSA) is 52.6 Å². The molecule has 0 amide bonds. The zero-order valence-electron chi connectivity index (χ0n) is 18.5. The Kier molecular flexibility index (Phi) is 8.95. The molecule has 1 aromatic rings. The predicted molar refractivity (Wildman–Crippen MR) is 111 cm³/mol. The van der Waals surface area contributed by atoms with Gasteiger partial charge in [-0.2, -0.15) is 13.2 Å². The first-order valence-corrected chi connectivity index (χ1v) is 10.9. The Morgan fingerprint density at radius 2 is 1.61 bits per heavy atom. The fraction of sp³-hybridized carbons (Fsp3) is 0.667. The lowest BCUT2D eigenvalue weighted by molar-refractivity contribution is -0.170. The minimum absolute atomic E-state index is 0.0130. The van der Waals surface area contributed by atoms with Gasteiger partial charge in [0.25, 0.3) is 0 Å². The van der Waals surface area contributed by atoms with E-state index < -0.39 is 42.0 Å². The van der Waals surface area contributed by atoms with E-state index in [1.807, 2.05) is 18.2 Å². The molecule has 1 fully saturated rings. The summed E-state index contributed by atoms with van der Waals surface area (Å²) in [6.07, 6.45) is -2.29. The van der Waals surface area contributed by atoms with E-state index in [9.17, 15) is 22.8 Å². The van der Waals surface area contributed by atoms with E-state index >= 15 is 0 Å². The largest absolute Gasteiger partial charge is 0.461 e. The van der Waals surface area contributed by atoms with Gasteiger partial charge in [-0.3, -0.25) is 9.59 Å². The molecule has 1 aliphatic rings. The van der Waals surface area contributed by atoms with Crippen molar-refractivity contribution in [1.82, 2.24) is 0 Å². The van der Waals surface area contributed by atoms with E-state index in [1.165, 1.54) is 0 Å². The molecular formula is C24H33F3O4. The number of esters is 2. The van der Waals surface area contributed by atoms with E-state index in [1.54, 1.807) is 32.9 Å². The molecule has 0 saturated heterocycles. The third-order valence-electron chi connectivity index (χ3n) is 5.28. The van der Waals surface area contributed by atoms with Crippen molar-refractivity contribution in [3.8, 4) is 0 Å². The van der Waals surface area contributed by atoms with Crippen molar-refractivity contribution in [1.29, 1.82) is 0 Å². The molecule has 0 radical (unpaired) electrons. The Morgan fingerprint density at radius 3 is 2.16 bits per heavy atom. The van der Waals surface area contributed by atoms with Gasteiger partial charge >= 0.3 is 18.1 Å². The maximum Gasteiger partial charge on any atom is 0.389 e. The molecule has 0 spiro atoms. The van der Waals surface area contributed by atoms with Crippen LogP contribution in [0, 0.1) is 17.8 Å². The van der Waals surface area contributed by atoms with Crippen LogP contribution in [0.5, 0.6) is 0 Å². The van der Waals surface area contributed by atoms with Crippen LogP contribution in [0.2, 0.25) is 0 Å². The van der Waals surface area contributed by atoms with Crippen LogP contribution in [0.4, 0.5) is 13.2 Å². The van der Waals surface area contributed by atoms with E-state index in [-0.39, 0.29) is 19.4 Å². The Balaban J connectivity index is 2.14. The molecule has 1 saturated carbocycles. The van der Waals surface area contributed by atoms with E-state index in [4.69, 9.17) is 9.47 Å². The number of rotatable bonds is 11. The van der Waals surface area contributed by atoms with Crippen LogP contribution in [0.3, 0.4) is 0 Å². The number of benzene rings is 1. The fourth-order valence-corrected chi connectivity index (χ4v) is 3.52. The summed E-state index contributed by atoms with van der Waals surface area (Å²) < 4.78 is 49.1. The first kappa shape index (κ1) is 25.2. The first-order chi connectivity index (χ1) is 14.4. The van der Waals surface area contributed by atoms with Crippen molar-refractivity contribution in [3.05, 3.63) is 35.9 Å². The van der Waals surface area contributed by atoms with Gasteiger partial charge in [0.2, 0.25) is 0 Å². The van der Waals surface area contributed by atoms with Crippen molar-refractivity contribution in [2.45, 2.75) is 84.1 Å². The third kappa shape index (κ3) is 10.2. The van der Waals surface area contributed by atoms with Crippen LogP contribution >= 0.6 is 0 Å². The average molecular weight is 443 g/mol. The van der Waals surface area contributed by atoms with E-state index in [0.29, 0.717) is 12.3 Å². The number of ether oxygens (including phenoxy) is 2. The highest BCUT2D eigenvalue weighted by molar-refractivity contribution is 5.82. The zero-order valence-corrected chi connectivity index (χ0v) is 18.5. The average Bonchev–Trinajstić information content (AvgIpc) is 3.47. The summed E-state index contributed by atoms with van der Waals surface area (Å²) >= 11 is 0. The molecule has 0 N–H and O–H groups in total. The summed E-state index contributed by atoms with van der Waals surface area (Å²) in [5.74, 6) is -2.43. The van der Waals surface area contributed by atoms with E-state index in [0.717, 1.165) is 24.8 Å². The minimum Gasteiger partial charge on any atom is -0.461 e. The summed E-state index contributed by atoms with van der Waals surface area (Å²) in [6.45, 7) is 5.21. The van der Waals surface area contributed by atoms with Gasteiger partial charge in [-0.25, -0.2) is 0 Å². The number of hydrogen-bond donors (Lipinski definition) is 0. The molecule has 0 aromatic heterocycles. The normalized spacial score (nSPS) is 16.5. The second-order valence-corrected chi connectivity index (χ2v) is 9.37. The monoisotopic (exact) mass is 442 g/mol. The number of carbonyl (C=O) groups excluding carboxylic acids is 2. The molecule has 7 heteroatoms. The van der Waals surface area contributed by atoms with Crippen LogP contribution < -0.4 is 0 Å². The number of carbonyl (C=O) groups is 2. The Hall–Kier alpha value is -2.05. The fourth-order valence-electron chi connectivity index (χ4n) is 3.52. The lowest BCUT2D eigenvalue weighted by atomic mass is 9.83. The van der Waals surface area contributed by atoms with Crippen molar-refractivity contribution in [3.63, 3.8) is 0 Å². The van der Waals surface area contributed by atoms with Gasteiger partial charge < -0.3 is 9.47 Å². The summed E-state index contributed by atoms with van der Waals surface area (Å²) in [5.41, 5.74) is 0.0241. The lowest BCUT2D eigenvalue weighted by Gasteiger charge is -2.28. The molecule has 0 aliphatic heterocycles. The standard InChI is InChI=1S/C24H33F3O4/c1-23(2,3)31-22(29)20(14-13-17-11-12-17)19(10-7-15-24(25,26)27)21(28)30-16-18-8-5-4-6-9-18/h4-6,8-9,17,19-20H,7,10-16H2,1-3H3/t19-,20-/m1/s1. The highest BCUT2D eigenvalue weighted by atomic mass is 19.4. The summed E-state index contributed by atoms with van der Waals surface area (Å²) in [7, 11) is 0. The van der Waals surface area contributed by atoms with Crippen molar-refractivity contribution >= 4 is 11.9 Å². The molecule has 174 valence electrons. The highest BCUT2D eigenvalue weighted by Gasteiger charge is 2.39. The van der Waals surface area contributed by atoms with Crippen molar-refractivity contribution in [2.75, 3.05) is 0 Å². The maximum atomic E-state index is 12.9. The SMILES string of the molecule is CC(C)(C)OC(=O)[C@H](CCC1CC1)[C@@H](CCCC(F)(F)F)C(=O)OCc1ccccc1. The first-order valence-electron chi connectivity index (χ1n) is 10.9. The molecule has 0 bridgehead atoms. The van der Waals surface area contributed by atoms with Crippen LogP contribution in [0.25, 0.3) is 0 Å². The molecule has 2 atom stereocenters. The van der Waals surface area contributed by atoms with Gasteiger partial charge in [-0.05, 0) is 57.9 Å². The molecular weight excluding hydrogens is 409 g/mol. The summed E-state index contributed by atoms with van der Waals surface area (Å²) in [5, 5.41) is 0. The zero-order chi connectivity index (χ0) is 23.1. The number of halogens is 3. The highest BCUT2D eigenvalue weighted by Crippen LogP contribution is 2.38.